The van der Waals surface area contributed by atoms with Crippen molar-refractivity contribution in [1.82, 2.24) is 0 Å². The molecular weight excluding hydrogens is 539 g/mol. The molecule has 1 aliphatic rings. The van der Waals surface area contributed by atoms with Gasteiger partial charge in [-0.25, -0.2) is 4.99 Å². The zero-order chi connectivity index (χ0) is 30.2. The Bertz CT molecular complexity index is 1740. The fourth-order valence-electron chi connectivity index (χ4n) is 6.14. The molecule has 0 N–H and O–H groups in total. The summed E-state index contributed by atoms with van der Waals surface area (Å²) < 4.78 is 0. The molecule has 0 aliphatic heterocycles. The Kier molecular flexibility index (Phi) is 7.92. The summed E-state index contributed by atoms with van der Waals surface area (Å²) in [6.07, 6.45) is 0.984. The molecule has 0 fully saturated rings. The highest BCUT2D eigenvalue weighted by atomic mass is 31.1. The van der Waals surface area contributed by atoms with Crippen molar-refractivity contribution in [3.8, 4) is 0 Å². The van der Waals surface area contributed by atoms with E-state index in [1.54, 1.807) is 0 Å². The second-order valence-corrected chi connectivity index (χ2v) is 15.8. The lowest BCUT2D eigenvalue weighted by molar-refractivity contribution is 0.571. The number of aliphatic imine (C=N–C) groups is 2. The van der Waals surface area contributed by atoms with Gasteiger partial charge >= 0.3 is 0 Å². The summed E-state index contributed by atoms with van der Waals surface area (Å²) in [7, 11) is -0.524. The van der Waals surface area contributed by atoms with Crippen LogP contribution in [0.25, 0.3) is 10.8 Å². The Balaban J connectivity index is 1.49. The molecule has 0 heterocycles. The topological polar surface area (TPSA) is 24.7 Å². The van der Waals surface area contributed by atoms with Gasteiger partial charge in [-0.2, -0.15) is 0 Å². The van der Waals surface area contributed by atoms with Gasteiger partial charge in [-0.1, -0.05) is 157 Å². The highest BCUT2D eigenvalue weighted by molar-refractivity contribution is 7.73. The summed E-state index contributed by atoms with van der Waals surface area (Å²) in [6.45, 7) is 14.4. The van der Waals surface area contributed by atoms with E-state index in [9.17, 15) is 0 Å². The number of hydrogen-bond acceptors (Lipinski definition) is 2. The first kappa shape index (κ1) is 29.2. The molecule has 0 saturated heterocycles. The maximum Gasteiger partial charge on any atom is 0.0974 e. The maximum absolute atomic E-state index is 5.62. The van der Waals surface area contributed by atoms with E-state index in [0.717, 1.165) is 29.8 Å². The molecule has 0 bridgehead atoms. The van der Waals surface area contributed by atoms with Gasteiger partial charge in [-0.15, -0.1) is 0 Å². The van der Waals surface area contributed by atoms with Crippen molar-refractivity contribution in [1.29, 1.82) is 0 Å². The molecule has 0 unspecified atom stereocenters. The first-order valence-electron chi connectivity index (χ1n) is 15.3. The van der Waals surface area contributed by atoms with Crippen LogP contribution in [-0.4, -0.2) is 24.1 Å². The lowest BCUT2D eigenvalue weighted by atomic mass is 9.79. The average Bonchev–Trinajstić information content (AvgIpc) is 3.29. The summed E-state index contributed by atoms with van der Waals surface area (Å²) >= 11 is 0. The van der Waals surface area contributed by atoms with Crippen molar-refractivity contribution >= 4 is 46.4 Å². The van der Waals surface area contributed by atoms with Gasteiger partial charge in [0.05, 0.1) is 17.1 Å². The Morgan fingerprint density at radius 2 is 1.02 bits per heavy atom. The first-order valence-corrected chi connectivity index (χ1v) is 16.8. The molecule has 0 aromatic heterocycles. The smallest absolute Gasteiger partial charge is 0.0974 e. The van der Waals surface area contributed by atoms with Crippen LogP contribution in [0, 0.1) is 0 Å². The van der Waals surface area contributed by atoms with Crippen molar-refractivity contribution in [2.75, 3.05) is 12.7 Å². The predicted octanol–water partition coefficient (Wildman–Crippen LogP) is 9.49. The maximum atomic E-state index is 5.62. The van der Waals surface area contributed by atoms with E-state index >= 15 is 0 Å². The van der Waals surface area contributed by atoms with Gasteiger partial charge in [0, 0.05) is 23.1 Å². The van der Waals surface area contributed by atoms with E-state index in [2.05, 4.69) is 157 Å². The number of nitrogens with zero attached hydrogens (tertiary/aromatic N) is 2. The third-order valence-electron chi connectivity index (χ3n) is 8.24. The number of benzene rings is 5. The Hall–Kier alpha value is -3.87. The molecule has 5 aromatic carbocycles. The van der Waals surface area contributed by atoms with E-state index < -0.39 is 7.92 Å². The molecule has 43 heavy (non-hydrogen) atoms. The highest BCUT2D eigenvalue weighted by Crippen LogP contribution is 2.42. The molecule has 2 nitrogen and oxygen atoms in total. The van der Waals surface area contributed by atoms with Crippen molar-refractivity contribution in [2.45, 2.75) is 52.4 Å². The third kappa shape index (κ3) is 5.86. The van der Waals surface area contributed by atoms with Gasteiger partial charge in [0.15, 0.2) is 0 Å². The van der Waals surface area contributed by atoms with Gasteiger partial charge < -0.3 is 0 Å². The molecule has 0 atom stereocenters. The fourth-order valence-corrected chi connectivity index (χ4v) is 8.31. The van der Waals surface area contributed by atoms with Crippen LogP contribution in [-0.2, 0) is 10.8 Å². The van der Waals surface area contributed by atoms with Crippen LogP contribution in [0.3, 0.4) is 0 Å². The van der Waals surface area contributed by atoms with Crippen molar-refractivity contribution in [3.05, 3.63) is 138 Å². The minimum absolute atomic E-state index is 0.0450. The quantitative estimate of drug-likeness (QED) is 0.179. The number of rotatable bonds is 6. The minimum atomic E-state index is -0.524. The van der Waals surface area contributed by atoms with Gasteiger partial charge in [-0.3, -0.25) is 4.99 Å². The van der Waals surface area contributed by atoms with Crippen LogP contribution in [0.15, 0.2) is 125 Å². The Morgan fingerprint density at radius 3 is 1.53 bits per heavy atom. The standard InChI is InChI=1S/C40H41N2P/c1-39(2,3)33-24-15-25-34(40(4,5)6)38(33)42-37-32-23-14-17-28-16-13-22-31(35(28)32)36(37)41-26-27-43(29-18-9-7-10-19-29)30-20-11-8-12-21-30/h7-25H,26-27H2,1-6H3. The van der Waals surface area contributed by atoms with E-state index in [-0.39, 0.29) is 10.8 Å². The van der Waals surface area contributed by atoms with Crippen LogP contribution in [0.5, 0.6) is 0 Å². The Morgan fingerprint density at radius 1 is 0.535 bits per heavy atom. The molecule has 3 heteroatoms. The van der Waals surface area contributed by atoms with E-state index in [1.807, 2.05) is 0 Å². The van der Waals surface area contributed by atoms with Crippen molar-refractivity contribution < 1.29 is 0 Å². The molecule has 0 amide bonds. The van der Waals surface area contributed by atoms with Crippen LogP contribution in [0.1, 0.15) is 63.8 Å². The minimum Gasteiger partial charge on any atom is -0.282 e. The summed E-state index contributed by atoms with van der Waals surface area (Å²) in [4.78, 5) is 11.0. The van der Waals surface area contributed by atoms with Gasteiger partial charge in [0.1, 0.15) is 0 Å². The molecule has 0 radical (unpaired) electrons. The second kappa shape index (κ2) is 11.7. The zero-order valence-electron chi connectivity index (χ0n) is 26.2. The normalized spacial score (nSPS) is 15.2. The summed E-state index contributed by atoms with van der Waals surface area (Å²) in [5, 5.41) is 5.29. The van der Waals surface area contributed by atoms with Gasteiger partial charge in [0.25, 0.3) is 0 Å². The van der Waals surface area contributed by atoms with E-state index in [1.165, 1.54) is 43.6 Å². The highest BCUT2D eigenvalue weighted by Gasteiger charge is 2.30. The molecule has 5 aromatic rings. The van der Waals surface area contributed by atoms with Crippen LogP contribution >= 0.6 is 7.92 Å². The van der Waals surface area contributed by atoms with Crippen LogP contribution < -0.4 is 10.6 Å². The van der Waals surface area contributed by atoms with Crippen LogP contribution in [0.2, 0.25) is 0 Å². The monoisotopic (exact) mass is 580 g/mol. The van der Waals surface area contributed by atoms with Crippen LogP contribution in [0.4, 0.5) is 5.69 Å². The number of para-hydroxylation sites is 1. The molecule has 0 spiro atoms. The third-order valence-corrected chi connectivity index (χ3v) is 10.7. The van der Waals surface area contributed by atoms with E-state index in [4.69, 9.17) is 9.98 Å². The van der Waals surface area contributed by atoms with Gasteiger partial charge in [0.2, 0.25) is 0 Å². The summed E-state index contributed by atoms with van der Waals surface area (Å²) in [6, 6.07) is 41.7. The lowest BCUT2D eigenvalue weighted by Gasteiger charge is -2.28. The second-order valence-electron chi connectivity index (χ2n) is 13.4. The largest absolute Gasteiger partial charge is 0.282 e. The fraction of sp³-hybridized carbons (Fsp3) is 0.250. The molecule has 1 aliphatic carbocycles. The summed E-state index contributed by atoms with van der Waals surface area (Å²) in [5.41, 5.74) is 7.94. The number of hydrogen-bond donors (Lipinski definition) is 0. The predicted molar refractivity (Wildman–Crippen MR) is 189 cm³/mol. The summed E-state index contributed by atoms with van der Waals surface area (Å²) in [5.74, 6) is 0. The molecule has 216 valence electrons. The van der Waals surface area contributed by atoms with Crippen molar-refractivity contribution in [3.63, 3.8) is 0 Å². The zero-order valence-corrected chi connectivity index (χ0v) is 27.1. The molecule has 0 saturated carbocycles. The van der Waals surface area contributed by atoms with E-state index in [0.29, 0.717) is 0 Å². The molecular formula is C40H41N2P. The van der Waals surface area contributed by atoms with Gasteiger partial charge in [-0.05, 0) is 52.0 Å². The Labute approximate surface area is 258 Å². The SMILES string of the molecule is CC(C)(C)c1cccc(C(C)(C)C)c1N=C1C(=NCCP(c2ccccc2)c2ccccc2)c2cccc3cccc1c23. The lowest BCUT2D eigenvalue weighted by Crippen LogP contribution is -2.19. The average molecular weight is 581 g/mol. The first-order chi connectivity index (χ1) is 20.6. The van der Waals surface area contributed by atoms with Crippen molar-refractivity contribution in [2.24, 2.45) is 9.98 Å². The molecule has 6 rings (SSSR count).